The van der Waals surface area contributed by atoms with E-state index in [1.807, 2.05) is 6.07 Å². The van der Waals surface area contributed by atoms with Crippen LogP contribution in [0.1, 0.15) is 25.5 Å². The maximum atomic E-state index is 5.36. The van der Waals surface area contributed by atoms with Crippen LogP contribution in [0.2, 0.25) is 0 Å². The molecule has 1 aliphatic rings. The molecule has 0 amide bonds. The summed E-state index contributed by atoms with van der Waals surface area (Å²) in [6.07, 6.45) is 0. The Bertz CT molecular complexity index is 399. The van der Waals surface area contributed by atoms with Gasteiger partial charge in [-0.05, 0) is 24.2 Å². The number of ether oxygens (including phenoxy) is 1. The fourth-order valence-electron chi connectivity index (χ4n) is 2.49. The molecule has 19 heavy (non-hydrogen) atoms. The van der Waals surface area contributed by atoms with Gasteiger partial charge in [-0.15, -0.1) is 0 Å². The van der Waals surface area contributed by atoms with Crippen molar-refractivity contribution in [2.24, 2.45) is 0 Å². The van der Waals surface area contributed by atoms with Crippen molar-refractivity contribution in [3.63, 3.8) is 0 Å². The summed E-state index contributed by atoms with van der Waals surface area (Å²) in [4.78, 5) is 0. The van der Waals surface area contributed by atoms with E-state index in [0.717, 1.165) is 12.3 Å². The average molecular weight is 297 g/mol. The summed E-state index contributed by atoms with van der Waals surface area (Å²) in [5, 5.41) is 4.98. The van der Waals surface area contributed by atoms with Crippen LogP contribution < -0.4 is 10.1 Å². The zero-order valence-corrected chi connectivity index (χ0v) is 13.5. The van der Waals surface area contributed by atoms with E-state index in [1.54, 1.807) is 7.11 Å². The Kier molecular flexibility index (Phi) is 5.92. The maximum Gasteiger partial charge on any atom is 0.119 e. The Labute approximate surface area is 125 Å². The van der Waals surface area contributed by atoms with Crippen LogP contribution in [0.25, 0.3) is 0 Å². The summed E-state index contributed by atoms with van der Waals surface area (Å²) >= 11 is 4.20. The van der Waals surface area contributed by atoms with Gasteiger partial charge in [0.2, 0.25) is 0 Å². The molecular weight excluding hydrogens is 274 g/mol. The Morgan fingerprint density at radius 2 is 2.16 bits per heavy atom. The molecule has 0 saturated carbocycles. The van der Waals surface area contributed by atoms with Gasteiger partial charge in [0.05, 0.1) is 7.11 Å². The lowest BCUT2D eigenvalue weighted by Gasteiger charge is -2.35. The lowest BCUT2D eigenvalue weighted by molar-refractivity contribution is 0.412. The highest BCUT2D eigenvalue weighted by molar-refractivity contribution is 8.07. The third-order valence-electron chi connectivity index (χ3n) is 3.44. The molecule has 1 fully saturated rings. The molecule has 2 rings (SSSR count). The quantitative estimate of drug-likeness (QED) is 0.896. The van der Waals surface area contributed by atoms with Gasteiger partial charge in [-0.3, -0.25) is 0 Å². The van der Waals surface area contributed by atoms with Crippen molar-refractivity contribution in [3.05, 3.63) is 29.8 Å². The van der Waals surface area contributed by atoms with Gasteiger partial charge >= 0.3 is 0 Å². The van der Waals surface area contributed by atoms with E-state index in [-0.39, 0.29) is 0 Å². The second kappa shape index (κ2) is 7.46. The Morgan fingerprint density at radius 1 is 1.37 bits per heavy atom. The molecule has 1 aromatic carbocycles. The van der Waals surface area contributed by atoms with Gasteiger partial charge in [0, 0.05) is 28.0 Å². The van der Waals surface area contributed by atoms with Gasteiger partial charge in [-0.2, -0.15) is 23.5 Å². The Balaban J connectivity index is 2.22. The second-order valence-corrected chi connectivity index (χ2v) is 7.49. The number of hydrogen-bond acceptors (Lipinski definition) is 4. The highest BCUT2D eigenvalue weighted by Crippen LogP contribution is 2.39. The Morgan fingerprint density at radius 3 is 2.84 bits per heavy atom. The van der Waals surface area contributed by atoms with Gasteiger partial charge in [0.15, 0.2) is 0 Å². The Hall–Kier alpha value is -0.320. The third kappa shape index (κ3) is 3.83. The van der Waals surface area contributed by atoms with Crippen molar-refractivity contribution in [3.8, 4) is 5.75 Å². The SMILES string of the molecule is CCNC(c1cccc(OC)c1)C1SCCSC1C. The molecule has 4 heteroatoms. The number of benzene rings is 1. The first-order valence-electron chi connectivity index (χ1n) is 6.86. The first kappa shape index (κ1) is 15.1. The predicted molar refractivity (Wildman–Crippen MR) is 87.6 cm³/mol. The molecule has 1 N–H and O–H groups in total. The van der Waals surface area contributed by atoms with Crippen LogP contribution in [-0.2, 0) is 0 Å². The third-order valence-corrected chi connectivity index (χ3v) is 6.64. The fourth-order valence-corrected chi connectivity index (χ4v) is 5.44. The molecule has 0 aliphatic carbocycles. The summed E-state index contributed by atoms with van der Waals surface area (Å²) in [5.41, 5.74) is 1.34. The minimum absolute atomic E-state index is 0.410. The van der Waals surface area contributed by atoms with Crippen LogP contribution in [0.4, 0.5) is 0 Å². The van der Waals surface area contributed by atoms with E-state index in [0.29, 0.717) is 16.5 Å². The summed E-state index contributed by atoms with van der Waals surface area (Å²) in [5.74, 6) is 3.48. The predicted octanol–water partition coefficient (Wildman–Crippen LogP) is 3.58. The molecule has 106 valence electrons. The molecule has 3 atom stereocenters. The van der Waals surface area contributed by atoms with Crippen molar-refractivity contribution in [2.45, 2.75) is 30.4 Å². The van der Waals surface area contributed by atoms with Gasteiger partial charge < -0.3 is 10.1 Å². The molecule has 3 unspecified atom stereocenters. The average Bonchev–Trinajstić information content (AvgIpc) is 2.46. The molecule has 0 aromatic heterocycles. The van der Waals surface area contributed by atoms with Crippen molar-refractivity contribution < 1.29 is 4.74 Å². The van der Waals surface area contributed by atoms with E-state index < -0.39 is 0 Å². The monoisotopic (exact) mass is 297 g/mol. The van der Waals surface area contributed by atoms with E-state index in [9.17, 15) is 0 Å². The normalized spacial score (nSPS) is 25.0. The standard InChI is InChI=1S/C15H23NOS2/c1-4-16-14(15-11(2)18-8-9-19-15)12-6-5-7-13(10-12)17-3/h5-7,10-11,14-16H,4,8-9H2,1-3H3. The fraction of sp³-hybridized carbons (Fsp3) is 0.600. The van der Waals surface area contributed by atoms with Gasteiger partial charge in [0.25, 0.3) is 0 Å². The molecule has 0 radical (unpaired) electrons. The van der Waals surface area contributed by atoms with Gasteiger partial charge in [-0.1, -0.05) is 26.0 Å². The summed E-state index contributed by atoms with van der Waals surface area (Å²) < 4.78 is 5.36. The summed E-state index contributed by atoms with van der Waals surface area (Å²) in [6.45, 7) is 5.53. The molecular formula is C15H23NOS2. The second-order valence-electron chi connectivity index (χ2n) is 4.72. The van der Waals surface area contributed by atoms with Crippen LogP contribution in [0, 0.1) is 0 Å². The topological polar surface area (TPSA) is 21.3 Å². The first-order chi connectivity index (χ1) is 9.26. The van der Waals surface area contributed by atoms with Gasteiger partial charge in [-0.25, -0.2) is 0 Å². The largest absolute Gasteiger partial charge is 0.497 e. The number of hydrogen-bond donors (Lipinski definition) is 1. The van der Waals surface area contributed by atoms with Crippen LogP contribution in [0.3, 0.4) is 0 Å². The van der Waals surface area contributed by atoms with Crippen molar-refractivity contribution in [2.75, 3.05) is 25.2 Å². The zero-order valence-electron chi connectivity index (χ0n) is 11.9. The lowest BCUT2D eigenvalue weighted by Crippen LogP contribution is -2.37. The summed E-state index contributed by atoms with van der Waals surface area (Å²) in [7, 11) is 1.73. The number of nitrogens with one attached hydrogen (secondary N) is 1. The minimum Gasteiger partial charge on any atom is -0.497 e. The molecule has 0 bridgehead atoms. The molecule has 0 spiro atoms. The molecule has 1 saturated heterocycles. The highest BCUT2D eigenvalue weighted by Gasteiger charge is 2.31. The van der Waals surface area contributed by atoms with E-state index in [1.165, 1.54) is 17.1 Å². The zero-order chi connectivity index (χ0) is 13.7. The van der Waals surface area contributed by atoms with Crippen molar-refractivity contribution in [1.29, 1.82) is 0 Å². The molecule has 1 heterocycles. The first-order valence-corrected chi connectivity index (χ1v) is 8.96. The van der Waals surface area contributed by atoms with Crippen LogP contribution in [0.5, 0.6) is 5.75 Å². The van der Waals surface area contributed by atoms with E-state index in [2.05, 4.69) is 60.9 Å². The number of methoxy groups -OCH3 is 1. The van der Waals surface area contributed by atoms with Crippen LogP contribution in [-0.4, -0.2) is 35.7 Å². The molecule has 2 nitrogen and oxygen atoms in total. The van der Waals surface area contributed by atoms with Crippen LogP contribution in [0.15, 0.2) is 24.3 Å². The highest BCUT2D eigenvalue weighted by atomic mass is 32.2. The van der Waals surface area contributed by atoms with E-state index >= 15 is 0 Å². The maximum absolute atomic E-state index is 5.36. The van der Waals surface area contributed by atoms with E-state index in [4.69, 9.17) is 4.74 Å². The lowest BCUT2D eigenvalue weighted by atomic mass is 10.0. The van der Waals surface area contributed by atoms with Crippen molar-refractivity contribution >= 4 is 23.5 Å². The van der Waals surface area contributed by atoms with Crippen molar-refractivity contribution in [1.82, 2.24) is 5.32 Å². The minimum atomic E-state index is 0.410. The molecule has 1 aliphatic heterocycles. The van der Waals surface area contributed by atoms with Crippen LogP contribution >= 0.6 is 23.5 Å². The molecule has 1 aromatic rings. The smallest absolute Gasteiger partial charge is 0.119 e. The summed E-state index contributed by atoms with van der Waals surface area (Å²) in [6, 6.07) is 8.89. The number of thioether (sulfide) groups is 2. The number of rotatable bonds is 5. The van der Waals surface area contributed by atoms with Gasteiger partial charge in [0.1, 0.15) is 5.75 Å².